The first kappa shape index (κ1) is 19.8. The van der Waals surface area contributed by atoms with Crippen LogP contribution in [0.5, 0.6) is 5.88 Å². The van der Waals surface area contributed by atoms with Crippen molar-refractivity contribution < 1.29 is 9.53 Å². The van der Waals surface area contributed by atoms with Gasteiger partial charge < -0.3 is 14.2 Å². The predicted octanol–water partition coefficient (Wildman–Crippen LogP) is 2.64. The molecule has 9 heteroatoms. The van der Waals surface area contributed by atoms with E-state index in [2.05, 4.69) is 26.9 Å². The zero-order valence-corrected chi connectivity index (χ0v) is 18.2. The van der Waals surface area contributed by atoms with Gasteiger partial charge in [-0.25, -0.2) is 19.9 Å². The zero-order valence-electron chi connectivity index (χ0n) is 18.2. The maximum Gasteiger partial charge on any atom is 0.245 e. The summed E-state index contributed by atoms with van der Waals surface area (Å²) in [7, 11) is 0. The van der Waals surface area contributed by atoms with Gasteiger partial charge in [-0.2, -0.15) is 4.98 Å². The van der Waals surface area contributed by atoms with Crippen LogP contribution in [-0.4, -0.2) is 59.5 Å². The SMILES string of the molecule is CCC1CN(C(=O)C2CC2)CC1Oc1ncnc2c1nc(-c1cnc(C)nc1)n2CC. The van der Waals surface area contributed by atoms with Crippen LogP contribution < -0.4 is 4.74 Å². The summed E-state index contributed by atoms with van der Waals surface area (Å²) in [6.45, 7) is 8.09. The van der Waals surface area contributed by atoms with E-state index in [0.29, 0.717) is 30.3 Å². The molecule has 0 aromatic carbocycles. The summed E-state index contributed by atoms with van der Waals surface area (Å²) in [5, 5.41) is 0. The molecule has 3 aromatic heterocycles. The Labute approximate surface area is 180 Å². The normalized spacial score (nSPS) is 21.1. The van der Waals surface area contributed by atoms with E-state index in [1.165, 1.54) is 6.33 Å². The van der Waals surface area contributed by atoms with Gasteiger partial charge in [-0.05, 0) is 33.1 Å². The van der Waals surface area contributed by atoms with Crippen LogP contribution >= 0.6 is 0 Å². The molecule has 4 heterocycles. The lowest BCUT2D eigenvalue weighted by Crippen LogP contribution is -2.32. The third-order valence-corrected chi connectivity index (χ3v) is 6.26. The van der Waals surface area contributed by atoms with Crippen molar-refractivity contribution in [3.8, 4) is 17.3 Å². The van der Waals surface area contributed by atoms with Gasteiger partial charge in [-0.3, -0.25) is 4.79 Å². The van der Waals surface area contributed by atoms with Crippen LogP contribution in [0.2, 0.25) is 0 Å². The number of carbonyl (C=O) groups excluding carboxylic acids is 1. The molecule has 162 valence electrons. The Balaban J connectivity index is 1.47. The quantitative estimate of drug-likeness (QED) is 0.603. The van der Waals surface area contributed by atoms with Crippen molar-refractivity contribution in [3.05, 3.63) is 24.5 Å². The molecule has 0 spiro atoms. The number of hydrogen-bond donors (Lipinski definition) is 0. The predicted molar refractivity (Wildman–Crippen MR) is 114 cm³/mol. The molecule has 1 saturated carbocycles. The van der Waals surface area contributed by atoms with Crippen molar-refractivity contribution in [2.24, 2.45) is 11.8 Å². The Bertz CT molecular complexity index is 1110. The second-order valence-electron chi connectivity index (χ2n) is 8.39. The van der Waals surface area contributed by atoms with E-state index in [-0.39, 0.29) is 23.8 Å². The first-order valence-electron chi connectivity index (χ1n) is 11.0. The van der Waals surface area contributed by atoms with E-state index in [1.807, 2.05) is 23.3 Å². The average Bonchev–Trinajstić information content (AvgIpc) is 3.45. The van der Waals surface area contributed by atoms with Crippen molar-refractivity contribution in [2.75, 3.05) is 13.1 Å². The molecule has 0 radical (unpaired) electrons. The number of amides is 1. The number of ether oxygens (including phenoxy) is 1. The minimum absolute atomic E-state index is 0.0938. The molecule has 0 N–H and O–H groups in total. The summed E-state index contributed by atoms with van der Waals surface area (Å²) in [6.07, 6.45) is 7.95. The zero-order chi connectivity index (χ0) is 21.5. The number of fused-ring (bicyclic) bond motifs is 1. The van der Waals surface area contributed by atoms with Crippen LogP contribution in [0.4, 0.5) is 0 Å². The molecule has 1 saturated heterocycles. The number of carbonyl (C=O) groups is 1. The fourth-order valence-electron chi connectivity index (χ4n) is 4.31. The van der Waals surface area contributed by atoms with Gasteiger partial charge in [0.15, 0.2) is 11.2 Å². The molecule has 1 aliphatic carbocycles. The van der Waals surface area contributed by atoms with Gasteiger partial charge in [0.2, 0.25) is 11.8 Å². The molecule has 1 amide bonds. The molecule has 2 aliphatic rings. The summed E-state index contributed by atoms with van der Waals surface area (Å²) >= 11 is 0. The van der Waals surface area contributed by atoms with Crippen LogP contribution in [0.15, 0.2) is 18.7 Å². The third-order valence-electron chi connectivity index (χ3n) is 6.26. The maximum atomic E-state index is 12.6. The molecular formula is C22H27N7O2. The first-order chi connectivity index (χ1) is 15.1. The van der Waals surface area contributed by atoms with Crippen molar-refractivity contribution in [1.82, 2.24) is 34.4 Å². The van der Waals surface area contributed by atoms with Gasteiger partial charge in [-0.15, -0.1) is 0 Å². The number of nitrogens with zero attached hydrogens (tertiary/aromatic N) is 7. The minimum atomic E-state index is -0.0938. The highest BCUT2D eigenvalue weighted by molar-refractivity contribution is 5.82. The third kappa shape index (κ3) is 3.62. The van der Waals surface area contributed by atoms with Crippen molar-refractivity contribution in [1.29, 1.82) is 0 Å². The second kappa shape index (κ2) is 7.86. The van der Waals surface area contributed by atoms with Crippen LogP contribution in [0.3, 0.4) is 0 Å². The van der Waals surface area contributed by atoms with Gasteiger partial charge in [0.25, 0.3) is 0 Å². The lowest BCUT2D eigenvalue weighted by molar-refractivity contribution is -0.131. The van der Waals surface area contributed by atoms with Crippen molar-refractivity contribution in [3.63, 3.8) is 0 Å². The van der Waals surface area contributed by atoms with Crippen molar-refractivity contribution in [2.45, 2.75) is 52.7 Å². The number of likely N-dealkylation sites (tertiary alicyclic amines) is 1. The summed E-state index contributed by atoms with van der Waals surface area (Å²) in [5.74, 6) is 2.70. The maximum absolute atomic E-state index is 12.6. The van der Waals surface area contributed by atoms with Crippen LogP contribution in [-0.2, 0) is 11.3 Å². The molecule has 2 fully saturated rings. The topological polar surface area (TPSA) is 98.9 Å². The molecular weight excluding hydrogens is 394 g/mol. The van der Waals surface area contributed by atoms with E-state index in [1.54, 1.807) is 12.4 Å². The van der Waals surface area contributed by atoms with Gasteiger partial charge in [0, 0.05) is 37.3 Å². The van der Waals surface area contributed by atoms with Crippen molar-refractivity contribution >= 4 is 17.1 Å². The highest BCUT2D eigenvalue weighted by Crippen LogP contribution is 2.35. The van der Waals surface area contributed by atoms with E-state index < -0.39 is 0 Å². The number of hydrogen-bond acceptors (Lipinski definition) is 7. The standard InChI is InChI=1S/C22H27N7O2/c1-4-14-10-28(22(30)15-6-7-15)11-17(14)31-21-18-20(25-12-26-21)29(5-2)19(27-18)16-8-23-13(3)24-9-16/h8-9,12,14-15,17H,4-7,10-11H2,1-3H3. The lowest BCUT2D eigenvalue weighted by atomic mass is 10.0. The molecule has 2 atom stereocenters. The summed E-state index contributed by atoms with van der Waals surface area (Å²) < 4.78 is 8.41. The molecule has 1 aliphatic heterocycles. The lowest BCUT2D eigenvalue weighted by Gasteiger charge is -2.18. The number of aryl methyl sites for hydroxylation is 2. The minimum Gasteiger partial charge on any atom is -0.470 e. The fourth-order valence-corrected chi connectivity index (χ4v) is 4.31. The Morgan fingerprint density at radius 3 is 2.58 bits per heavy atom. The van der Waals surface area contributed by atoms with Crippen LogP contribution in [0.25, 0.3) is 22.6 Å². The average molecular weight is 422 g/mol. The monoisotopic (exact) mass is 421 g/mol. The summed E-state index contributed by atoms with van der Waals surface area (Å²) in [4.78, 5) is 36.8. The smallest absolute Gasteiger partial charge is 0.245 e. The fraction of sp³-hybridized carbons (Fsp3) is 0.545. The van der Waals surface area contributed by atoms with E-state index in [0.717, 1.165) is 42.8 Å². The van der Waals surface area contributed by atoms with Crippen LogP contribution in [0, 0.1) is 18.8 Å². The molecule has 0 bridgehead atoms. The first-order valence-corrected chi connectivity index (χ1v) is 11.0. The Kier molecular flexibility index (Phi) is 5.03. The number of aromatic nitrogens is 6. The molecule has 5 rings (SSSR count). The van der Waals surface area contributed by atoms with E-state index >= 15 is 0 Å². The van der Waals surface area contributed by atoms with E-state index in [9.17, 15) is 4.79 Å². The van der Waals surface area contributed by atoms with Gasteiger partial charge in [-0.1, -0.05) is 6.92 Å². The second-order valence-corrected chi connectivity index (χ2v) is 8.39. The Hall–Kier alpha value is -3.10. The van der Waals surface area contributed by atoms with E-state index in [4.69, 9.17) is 9.72 Å². The summed E-state index contributed by atoms with van der Waals surface area (Å²) in [6, 6.07) is 0. The highest BCUT2D eigenvalue weighted by atomic mass is 16.5. The van der Waals surface area contributed by atoms with Gasteiger partial charge >= 0.3 is 0 Å². The van der Waals surface area contributed by atoms with Crippen LogP contribution in [0.1, 0.15) is 38.9 Å². The Morgan fingerprint density at radius 1 is 1.13 bits per heavy atom. The van der Waals surface area contributed by atoms with Gasteiger partial charge in [0.05, 0.1) is 12.1 Å². The highest BCUT2D eigenvalue weighted by Gasteiger charge is 2.41. The summed E-state index contributed by atoms with van der Waals surface area (Å²) in [5.41, 5.74) is 2.17. The number of rotatable bonds is 6. The molecule has 3 aromatic rings. The Morgan fingerprint density at radius 2 is 1.90 bits per heavy atom. The van der Waals surface area contributed by atoms with Gasteiger partial charge in [0.1, 0.15) is 24.1 Å². The number of imidazole rings is 1. The molecule has 9 nitrogen and oxygen atoms in total. The molecule has 2 unspecified atom stereocenters. The largest absolute Gasteiger partial charge is 0.470 e. The molecule has 31 heavy (non-hydrogen) atoms.